The van der Waals surface area contributed by atoms with E-state index in [-0.39, 0.29) is 17.8 Å². The van der Waals surface area contributed by atoms with Gasteiger partial charge in [0.25, 0.3) is 0 Å². The fourth-order valence-corrected chi connectivity index (χ4v) is 5.64. The van der Waals surface area contributed by atoms with Crippen LogP contribution in [0.2, 0.25) is 0 Å². The molecule has 0 bridgehead atoms. The number of piperidine rings is 1. The lowest BCUT2D eigenvalue weighted by Gasteiger charge is -2.39. The van der Waals surface area contributed by atoms with Crippen LogP contribution in [0.1, 0.15) is 90.5 Å². The summed E-state index contributed by atoms with van der Waals surface area (Å²) in [4.78, 5) is 19.2. The number of rotatable bonds is 4. The van der Waals surface area contributed by atoms with Crippen molar-refractivity contribution in [2.45, 2.75) is 103 Å². The zero-order valence-electron chi connectivity index (χ0n) is 22.6. The van der Waals surface area contributed by atoms with Gasteiger partial charge in [-0.15, -0.1) is 0 Å². The van der Waals surface area contributed by atoms with E-state index < -0.39 is 21.7 Å². The lowest BCUT2D eigenvalue weighted by atomic mass is 9.75. The highest BCUT2D eigenvalue weighted by molar-refractivity contribution is 7.91. The summed E-state index contributed by atoms with van der Waals surface area (Å²) >= 11 is -1.40. The van der Waals surface area contributed by atoms with Gasteiger partial charge in [0.2, 0.25) is 0 Å². The summed E-state index contributed by atoms with van der Waals surface area (Å²) in [7, 11) is 0. The molecule has 200 valence electrons. The highest BCUT2D eigenvalue weighted by Crippen LogP contribution is 2.45. The molecule has 1 amide bonds. The van der Waals surface area contributed by atoms with E-state index in [0.29, 0.717) is 19.7 Å². The van der Waals surface area contributed by atoms with Crippen LogP contribution in [0.5, 0.6) is 0 Å². The number of hydrogen-bond acceptors (Lipinski definition) is 7. The number of fused-ring (bicyclic) bond motifs is 1. The number of aromatic nitrogens is 1. The average Bonchev–Trinajstić information content (AvgIpc) is 3.09. The normalized spacial score (nSPS) is 24.1. The Morgan fingerprint density at radius 1 is 1.25 bits per heavy atom. The zero-order valence-corrected chi connectivity index (χ0v) is 23.4. The molecular formula is C27H41N3O5S. The van der Waals surface area contributed by atoms with Crippen LogP contribution in [0.4, 0.5) is 4.79 Å². The summed E-state index contributed by atoms with van der Waals surface area (Å²) < 4.78 is 34.8. The van der Waals surface area contributed by atoms with E-state index in [2.05, 4.69) is 6.07 Å². The third-order valence-electron chi connectivity index (χ3n) is 6.93. The molecule has 0 aromatic carbocycles. The predicted octanol–water partition coefficient (Wildman–Crippen LogP) is 4.95. The van der Waals surface area contributed by atoms with E-state index in [1.165, 1.54) is 0 Å². The Hall–Kier alpha value is -1.68. The maximum Gasteiger partial charge on any atom is 0.410 e. The van der Waals surface area contributed by atoms with Crippen molar-refractivity contribution < 1.29 is 23.6 Å². The van der Waals surface area contributed by atoms with E-state index in [1.54, 1.807) is 4.90 Å². The first-order valence-corrected chi connectivity index (χ1v) is 14.2. The first kappa shape index (κ1) is 27.4. The van der Waals surface area contributed by atoms with E-state index in [1.807, 2.05) is 47.7 Å². The smallest absolute Gasteiger partial charge is 0.410 e. The van der Waals surface area contributed by atoms with Gasteiger partial charge in [0.15, 0.2) is 6.29 Å². The molecule has 2 fully saturated rings. The number of ether oxygens (including phenoxy) is 3. The van der Waals surface area contributed by atoms with Gasteiger partial charge in [-0.25, -0.2) is 4.79 Å². The third kappa shape index (κ3) is 6.41. The van der Waals surface area contributed by atoms with E-state index in [4.69, 9.17) is 23.6 Å². The van der Waals surface area contributed by atoms with Crippen molar-refractivity contribution in [1.82, 2.24) is 9.88 Å². The van der Waals surface area contributed by atoms with Crippen LogP contribution >= 0.6 is 0 Å². The molecule has 2 aliphatic heterocycles. The number of hydrogen-bond donors (Lipinski definition) is 0. The van der Waals surface area contributed by atoms with Gasteiger partial charge in [-0.2, -0.15) is 0 Å². The van der Waals surface area contributed by atoms with Crippen LogP contribution in [0, 0.1) is 5.41 Å². The van der Waals surface area contributed by atoms with E-state index in [0.717, 1.165) is 67.7 Å². The summed E-state index contributed by atoms with van der Waals surface area (Å²) in [5.41, 5.74) is 2.93. The molecule has 1 spiro atoms. The second-order valence-electron chi connectivity index (χ2n) is 12.2. The number of amides is 1. The highest BCUT2D eigenvalue weighted by atomic mass is 32.2. The van der Waals surface area contributed by atoms with Crippen molar-refractivity contribution in [3.8, 4) is 0 Å². The second-order valence-corrected chi connectivity index (χ2v) is 14.1. The Labute approximate surface area is 218 Å². The molecule has 2 atom stereocenters. The van der Waals surface area contributed by atoms with Gasteiger partial charge in [-0.3, -0.25) is 4.98 Å². The predicted molar refractivity (Wildman–Crippen MR) is 140 cm³/mol. The molecule has 0 N–H and O–H groups in total. The van der Waals surface area contributed by atoms with Gasteiger partial charge in [-0.05, 0) is 85.3 Å². The number of nitrogens with zero attached hydrogens (tertiary/aromatic N) is 3. The van der Waals surface area contributed by atoms with Gasteiger partial charge in [0.1, 0.15) is 27.4 Å². The molecular weight excluding hydrogens is 478 g/mol. The van der Waals surface area contributed by atoms with Crippen LogP contribution in [0.3, 0.4) is 0 Å². The van der Waals surface area contributed by atoms with Gasteiger partial charge in [0.05, 0.1) is 12.3 Å². The Morgan fingerprint density at radius 3 is 2.58 bits per heavy atom. The number of carbonyl (C=O) groups is 1. The SMILES string of the molecule is CC(C)(C)OC(=O)N1CCC2(CC1)Cc1ncc(COC3CCCCO3)cc1C2=N[S+]([O-])C(C)(C)C. The average molecular weight is 520 g/mol. The fraction of sp³-hybridized carbons (Fsp3) is 0.741. The van der Waals surface area contributed by atoms with Crippen molar-refractivity contribution in [1.29, 1.82) is 0 Å². The highest BCUT2D eigenvalue weighted by Gasteiger charge is 2.49. The maximum atomic E-state index is 13.2. The van der Waals surface area contributed by atoms with E-state index >= 15 is 0 Å². The molecule has 3 aliphatic rings. The molecule has 1 aliphatic carbocycles. The van der Waals surface area contributed by atoms with Crippen LogP contribution in [0.25, 0.3) is 0 Å². The van der Waals surface area contributed by atoms with Crippen LogP contribution < -0.4 is 0 Å². The van der Waals surface area contributed by atoms with Gasteiger partial charge >= 0.3 is 6.09 Å². The minimum atomic E-state index is -1.40. The minimum absolute atomic E-state index is 0.169. The van der Waals surface area contributed by atoms with Gasteiger partial charge in [-0.1, -0.05) is 4.40 Å². The monoisotopic (exact) mass is 519 g/mol. The molecule has 4 rings (SSSR count). The molecule has 1 aromatic rings. The molecule has 2 saturated heterocycles. The number of pyridine rings is 1. The van der Waals surface area contributed by atoms with E-state index in [9.17, 15) is 9.35 Å². The van der Waals surface area contributed by atoms with Gasteiger partial charge in [0, 0.05) is 43.3 Å². The quantitative estimate of drug-likeness (QED) is 0.522. The summed E-state index contributed by atoms with van der Waals surface area (Å²) in [6.07, 6.45) is 6.71. The molecule has 9 heteroatoms. The molecule has 0 saturated carbocycles. The first-order valence-electron chi connectivity index (χ1n) is 13.1. The van der Waals surface area contributed by atoms with Crippen molar-refractivity contribution in [2.75, 3.05) is 19.7 Å². The topological polar surface area (TPSA) is 96.3 Å². The maximum absolute atomic E-state index is 13.2. The number of carbonyl (C=O) groups excluding carboxylic acids is 1. The summed E-state index contributed by atoms with van der Waals surface area (Å²) in [6, 6.07) is 2.10. The summed E-state index contributed by atoms with van der Waals surface area (Å²) in [6.45, 7) is 13.7. The summed E-state index contributed by atoms with van der Waals surface area (Å²) in [5, 5.41) is 0. The first-order chi connectivity index (χ1) is 16.9. The molecule has 2 unspecified atom stereocenters. The van der Waals surface area contributed by atoms with Crippen molar-refractivity contribution in [3.05, 3.63) is 29.1 Å². The zero-order chi connectivity index (χ0) is 26.1. The number of likely N-dealkylation sites (tertiary alicyclic amines) is 1. The Kier molecular flexibility index (Phi) is 8.05. The fourth-order valence-electron chi connectivity index (χ4n) is 4.91. The molecule has 8 nitrogen and oxygen atoms in total. The van der Waals surface area contributed by atoms with Crippen molar-refractivity contribution >= 4 is 23.2 Å². The van der Waals surface area contributed by atoms with Crippen LogP contribution in [-0.4, -0.2) is 62.6 Å². The molecule has 0 radical (unpaired) electrons. The molecule has 36 heavy (non-hydrogen) atoms. The Bertz CT molecular complexity index is 971. The van der Waals surface area contributed by atoms with Crippen molar-refractivity contribution in [3.63, 3.8) is 0 Å². The lowest BCUT2D eigenvalue weighted by Crippen LogP contribution is -2.47. The van der Waals surface area contributed by atoms with Gasteiger partial charge < -0.3 is 23.7 Å². The molecule has 3 heterocycles. The summed E-state index contributed by atoms with van der Waals surface area (Å²) in [5.74, 6) is 0. The molecule has 1 aromatic heterocycles. The van der Waals surface area contributed by atoms with Crippen molar-refractivity contribution in [2.24, 2.45) is 9.81 Å². The third-order valence-corrected chi connectivity index (χ3v) is 8.33. The second kappa shape index (κ2) is 10.6. The lowest BCUT2D eigenvalue weighted by molar-refractivity contribution is -0.168. The van der Waals surface area contributed by atoms with Crippen LogP contribution in [-0.2, 0) is 38.6 Å². The Balaban J connectivity index is 1.56. The largest absolute Gasteiger partial charge is 0.591 e. The Morgan fingerprint density at radius 2 is 1.97 bits per heavy atom. The standard InChI is InChI=1S/C27H41N3O5S/c1-25(2,3)35-24(31)30-12-10-27(11-13-30)16-21-20(23(27)29-36(32)26(4,5)6)15-19(17-28-21)18-34-22-9-7-8-14-33-22/h15,17,22H,7-14,16,18H2,1-6H3. The van der Waals surface area contributed by atoms with Crippen LogP contribution in [0.15, 0.2) is 16.7 Å². The minimum Gasteiger partial charge on any atom is -0.591 e.